The molecular weight excluding hydrogens is 671 g/mol. The fourth-order valence-electron chi connectivity index (χ4n) is 5.97. The van der Waals surface area contributed by atoms with E-state index in [1.807, 2.05) is 31.2 Å². The van der Waals surface area contributed by atoms with Crippen LogP contribution < -0.4 is 4.74 Å². The lowest BCUT2D eigenvalue weighted by Crippen LogP contribution is -2.57. The number of cyclic esters (lactones) is 1. The highest BCUT2D eigenvalue weighted by atomic mass is 28.4. The fraction of sp³-hybridized carbons (Fsp3) is 0.737. The van der Waals surface area contributed by atoms with Crippen molar-refractivity contribution in [3.05, 3.63) is 42.5 Å². The minimum atomic E-state index is -2.49. The molecule has 1 N–H and O–H groups in total. The van der Waals surface area contributed by atoms with Gasteiger partial charge in [-0.2, -0.15) is 0 Å². The van der Waals surface area contributed by atoms with Crippen molar-refractivity contribution >= 4 is 28.6 Å². The molecule has 3 rings (SSSR count). The molecule has 2 fully saturated rings. The summed E-state index contributed by atoms with van der Waals surface area (Å²) in [6.07, 6.45) is -1.45. The van der Waals surface area contributed by atoms with Gasteiger partial charge in [-0.1, -0.05) is 66.7 Å². The van der Waals surface area contributed by atoms with Crippen molar-refractivity contribution in [2.24, 2.45) is 17.8 Å². The molecule has 1 aromatic rings. The summed E-state index contributed by atoms with van der Waals surface area (Å²) in [5, 5.41) is 12.1. The van der Waals surface area contributed by atoms with E-state index in [9.17, 15) is 14.7 Å². The van der Waals surface area contributed by atoms with Crippen LogP contribution >= 0.6 is 0 Å². The average molecular weight is 736 g/mol. The number of hydrogen-bond donors (Lipinski definition) is 1. The minimum Gasteiger partial charge on any atom is -0.497 e. The van der Waals surface area contributed by atoms with Crippen LogP contribution in [0.2, 0.25) is 36.3 Å². The number of nitrogens with zero attached hydrogens (tertiary/aromatic N) is 1. The zero-order valence-electron chi connectivity index (χ0n) is 33.1. The maximum Gasteiger partial charge on any atom is 0.416 e. The second kappa shape index (κ2) is 15.9. The Morgan fingerprint density at radius 2 is 1.66 bits per heavy atom. The number of carbonyl (C=O) groups is 2. The van der Waals surface area contributed by atoms with E-state index in [1.165, 1.54) is 6.08 Å². The lowest BCUT2D eigenvalue weighted by Gasteiger charge is -2.46. The Morgan fingerprint density at radius 3 is 2.14 bits per heavy atom. The number of ether oxygens (including phenoxy) is 4. The quantitative estimate of drug-likeness (QED) is 0.0983. The van der Waals surface area contributed by atoms with Crippen LogP contribution in [-0.4, -0.2) is 95.5 Å². The van der Waals surface area contributed by atoms with Gasteiger partial charge in [0, 0.05) is 18.4 Å². The van der Waals surface area contributed by atoms with Gasteiger partial charge in [-0.25, -0.2) is 9.69 Å². The van der Waals surface area contributed by atoms with Gasteiger partial charge in [-0.15, -0.1) is 6.58 Å². The zero-order chi connectivity index (χ0) is 38.0. The lowest BCUT2D eigenvalue weighted by atomic mass is 9.79. The molecule has 12 heteroatoms. The van der Waals surface area contributed by atoms with Crippen molar-refractivity contribution < 1.29 is 42.5 Å². The maximum atomic E-state index is 14.0. The number of methoxy groups -OCH3 is 1. The molecule has 0 bridgehead atoms. The Hall–Kier alpha value is -2.07. The van der Waals surface area contributed by atoms with Crippen molar-refractivity contribution in [2.45, 2.75) is 135 Å². The van der Waals surface area contributed by atoms with Crippen LogP contribution in [0.1, 0.15) is 67.9 Å². The number of hydrogen-bond acceptors (Lipinski definition) is 9. The third-order valence-corrected chi connectivity index (χ3v) is 20.5. The largest absolute Gasteiger partial charge is 0.497 e. The number of benzene rings is 1. The van der Waals surface area contributed by atoms with Crippen molar-refractivity contribution in [1.82, 2.24) is 4.90 Å². The number of aliphatic hydroxyl groups excluding tert-OH is 1. The number of epoxide rings is 1. The highest BCUT2D eigenvalue weighted by Crippen LogP contribution is 2.51. The molecule has 0 aromatic heterocycles. The Morgan fingerprint density at radius 1 is 1.08 bits per heavy atom. The Labute approximate surface area is 303 Å². The van der Waals surface area contributed by atoms with Crippen LogP contribution in [0.4, 0.5) is 4.79 Å². The molecule has 2 aliphatic heterocycles. The van der Waals surface area contributed by atoms with Crippen LogP contribution in [-0.2, 0) is 34.5 Å². The Bertz CT molecular complexity index is 1320. The molecule has 8 atom stereocenters. The van der Waals surface area contributed by atoms with E-state index in [-0.39, 0.29) is 35.3 Å². The highest BCUT2D eigenvalue weighted by molar-refractivity contribution is 6.74. The second-order valence-corrected chi connectivity index (χ2v) is 27.0. The van der Waals surface area contributed by atoms with Crippen molar-refractivity contribution in [2.75, 3.05) is 26.9 Å². The van der Waals surface area contributed by atoms with Gasteiger partial charge in [0.15, 0.2) is 16.6 Å². The summed E-state index contributed by atoms with van der Waals surface area (Å²) in [4.78, 5) is 27.7. The van der Waals surface area contributed by atoms with E-state index < -0.39 is 64.3 Å². The molecule has 0 radical (unpaired) electrons. The monoisotopic (exact) mass is 735 g/mol. The maximum absolute atomic E-state index is 14.0. The average Bonchev–Trinajstić information content (AvgIpc) is 3.60. The van der Waals surface area contributed by atoms with Crippen LogP contribution in [0.15, 0.2) is 36.9 Å². The van der Waals surface area contributed by atoms with Gasteiger partial charge in [-0.05, 0) is 67.8 Å². The molecule has 0 aliphatic carbocycles. The molecular formula is C38H65NO9Si2. The summed E-state index contributed by atoms with van der Waals surface area (Å²) in [7, 11) is -3.18. The summed E-state index contributed by atoms with van der Waals surface area (Å²) < 4.78 is 37.3. The number of imide groups is 1. The first-order valence-corrected chi connectivity index (χ1v) is 23.7. The fourth-order valence-corrected chi connectivity index (χ4v) is 8.41. The lowest BCUT2D eigenvalue weighted by molar-refractivity contribution is -0.138. The molecule has 10 nitrogen and oxygen atoms in total. The van der Waals surface area contributed by atoms with E-state index in [4.69, 9.17) is 27.8 Å². The third kappa shape index (κ3) is 9.48. The summed E-state index contributed by atoms with van der Waals surface area (Å²) in [5.41, 5.74) is 0.231. The summed E-state index contributed by atoms with van der Waals surface area (Å²) in [5.74, 6) is -1.56. The molecule has 50 heavy (non-hydrogen) atoms. The Balaban J connectivity index is 1.99. The molecule has 2 amide bonds. The SMILES string of the molecule is C=C[C@@H](C(=O)N1C(=O)OC[C@H]1C)[C@@H](O)[C@H](CO[Si](C)(C)C(C)(C)C)[C@H](O[Si](C)(C)C(C)(C)C)[C@@]1(C)O[C@@H]1[C@@H](C)COCc1ccc(OC)cc1. The zero-order valence-corrected chi connectivity index (χ0v) is 35.1. The molecule has 2 aliphatic rings. The number of amides is 2. The minimum absolute atomic E-state index is 0.0000747. The smallest absolute Gasteiger partial charge is 0.416 e. The van der Waals surface area contributed by atoms with E-state index in [1.54, 1.807) is 14.0 Å². The number of aliphatic hydroxyl groups is 1. The second-order valence-electron chi connectivity index (χ2n) is 17.5. The van der Waals surface area contributed by atoms with E-state index >= 15 is 0 Å². The first-order chi connectivity index (χ1) is 22.9. The summed E-state index contributed by atoms with van der Waals surface area (Å²) in [6.45, 7) is 32.7. The molecule has 1 aromatic carbocycles. The summed E-state index contributed by atoms with van der Waals surface area (Å²) in [6, 6.07) is 7.34. The van der Waals surface area contributed by atoms with E-state index in [0.29, 0.717) is 13.2 Å². The van der Waals surface area contributed by atoms with Crippen LogP contribution in [0.3, 0.4) is 0 Å². The normalized spacial score (nSPS) is 24.6. The van der Waals surface area contributed by atoms with Gasteiger partial charge in [-0.3, -0.25) is 4.79 Å². The predicted octanol–water partition coefficient (Wildman–Crippen LogP) is 7.56. The van der Waals surface area contributed by atoms with Crippen molar-refractivity contribution in [3.8, 4) is 5.75 Å². The van der Waals surface area contributed by atoms with Crippen LogP contribution in [0.5, 0.6) is 5.75 Å². The highest BCUT2D eigenvalue weighted by Gasteiger charge is 2.65. The van der Waals surface area contributed by atoms with Gasteiger partial charge < -0.3 is 32.9 Å². The van der Waals surface area contributed by atoms with Gasteiger partial charge in [0.1, 0.15) is 18.0 Å². The van der Waals surface area contributed by atoms with Crippen molar-refractivity contribution in [1.29, 1.82) is 0 Å². The van der Waals surface area contributed by atoms with Crippen LogP contribution in [0, 0.1) is 17.8 Å². The molecule has 284 valence electrons. The van der Waals surface area contributed by atoms with E-state index in [2.05, 4.69) is 81.2 Å². The third-order valence-electron chi connectivity index (χ3n) is 11.5. The van der Waals surface area contributed by atoms with Crippen LogP contribution in [0.25, 0.3) is 0 Å². The molecule has 2 saturated heterocycles. The first-order valence-electron chi connectivity index (χ1n) is 17.9. The van der Waals surface area contributed by atoms with Gasteiger partial charge in [0.2, 0.25) is 5.91 Å². The van der Waals surface area contributed by atoms with E-state index in [0.717, 1.165) is 16.2 Å². The predicted molar refractivity (Wildman–Crippen MR) is 201 cm³/mol. The molecule has 0 spiro atoms. The number of carbonyl (C=O) groups excluding carboxylic acids is 2. The summed E-state index contributed by atoms with van der Waals surface area (Å²) >= 11 is 0. The first kappa shape index (κ1) is 42.3. The number of rotatable bonds is 17. The molecule has 0 saturated carbocycles. The standard InChI is InChI=1S/C38H65NO9Si2/c1-16-29(34(41)39-26(3)22-45-35(39)42)31(40)30(24-46-49(12,13)36(4,5)6)33(48-50(14,15)37(7,8)9)38(10)32(47-38)25(2)21-44-23-27-17-19-28(43-11)20-18-27/h16-20,25-26,29-33,40H,1,21-24H2,2-15H3/t25-,26+,29+,30-,31+,32+,33-,38-/m0/s1. The Kier molecular flexibility index (Phi) is 13.5. The molecule has 2 heterocycles. The van der Waals surface area contributed by atoms with Gasteiger partial charge >= 0.3 is 6.09 Å². The van der Waals surface area contributed by atoms with Gasteiger partial charge in [0.05, 0.1) is 50.6 Å². The van der Waals surface area contributed by atoms with Crippen molar-refractivity contribution in [3.63, 3.8) is 0 Å². The van der Waals surface area contributed by atoms with Gasteiger partial charge in [0.25, 0.3) is 0 Å². The topological polar surface area (TPSA) is 116 Å². The molecule has 0 unspecified atom stereocenters.